The van der Waals surface area contributed by atoms with Crippen molar-refractivity contribution < 1.29 is 4.79 Å². The zero-order chi connectivity index (χ0) is 6.69. The van der Waals surface area contributed by atoms with E-state index < -0.39 is 0 Å². The summed E-state index contributed by atoms with van der Waals surface area (Å²) in [5, 5.41) is 9.62. The maximum absolute atomic E-state index is 10.7. The predicted molar refractivity (Wildman–Crippen MR) is 32.1 cm³/mol. The van der Waals surface area contributed by atoms with Crippen LogP contribution in [0.2, 0.25) is 0 Å². The van der Waals surface area contributed by atoms with E-state index in [1.165, 1.54) is 0 Å². The van der Waals surface area contributed by atoms with Gasteiger partial charge in [0.25, 0.3) is 5.91 Å². The van der Waals surface area contributed by atoms with E-state index in [-0.39, 0.29) is 5.91 Å². The zero-order valence-corrected chi connectivity index (χ0v) is 5.53. The molecule has 1 rings (SSSR count). The van der Waals surface area contributed by atoms with E-state index in [2.05, 4.69) is 21.0 Å². The average Bonchev–Trinajstić information content (AvgIpc) is 2.37. The van der Waals surface area contributed by atoms with Crippen molar-refractivity contribution >= 4 is 17.2 Å². The van der Waals surface area contributed by atoms with E-state index in [1.807, 2.05) is 0 Å². The van der Waals surface area contributed by atoms with Gasteiger partial charge in [-0.2, -0.15) is 0 Å². The first kappa shape index (κ1) is 6.15. The number of aromatic nitrogens is 2. The highest BCUT2D eigenvalue weighted by Crippen LogP contribution is 1.97. The lowest BCUT2D eigenvalue weighted by Crippen LogP contribution is -2.17. The third kappa shape index (κ3) is 1.23. The first-order valence-corrected chi connectivity index (χ1v) is 3.08. The average molecular weight is 142 g/mol. The monoisotopic (exact) mass is 142 g/mol. The van der Waals surface area contributed by atoms with Gasteiger partial charge in [-0.15, -0.1) is 10.2 Å². The van der Waals surface area contributed by atoms with E-state index >= 15 is 0 Å². The van der Waals surface area contributed by atoms with Crippen LogP contribution in [0.4, 0.5) is 0 Å². The summed E-state index contributed by atoms with van der Waals surface area (Å²) in [7, 11) is 1.55. The molecular weight excluding hydrogens is 138 g/mol. The van der Waals surface area contributed by atoms with Crippen LogP contribution in [-0.2, 0) is 0 Å². The summed E-state index contributed by atoms with van der Waals surface area (Å²) >= 11 is 1.10. The summed E-state index contributed by atoms with van der Waals surface area (Å²) in [4.78, 5) is 10.7. The molecule has 0 saturated heterocycles. The largest absolute Gasteiger partial charge is 0.353 e. The second-order valence-electron chi connectivity index (χ2n) is 1.28. The van der Waals surface area contributed by atoms with Crippen molar-refractivity contribution in [3.63, 3.8) is 0 Å². The van der Waals surface area contributed by atoms with Gasteiger partial charge in [-0.05, 0) is 0 Å². The Morgan fingerprint density at radius 3 is 3.11 bits per heavy atom. The van der Waals surface area contributed by atoms with Gasteiger partial charge in [-0.25, -0.2) is 0 Å². The number of carbonyl (C=O) groups excluding carboxylic acids is 1. The van der Waals surface area contributed by atoms with Gasteiger partial charge in [0.05, 0.1) is 0 Å². The van der Waals surface area contributed by atoms with Crippen molar-refractivity contribution in [3.05, 3.63) is 10.5 Å². The fraction of sp³-hybridized carbons (Fsp3) is 0.250. The molecule has 0 spiro atoms. The predicted octanol–water partition coefficient (Wildman–Crippen LogP) is -0.302. The van der Waals surface area contributed by atoms with Crippen LogP contribution < -0.4 is 5.32 Å². The fourth-order valence-corrected chi connectivity index (χ4v) is 0.793. The Morgan fingerprint density at radius 2 is 2.67 bits per heavy atom. The molecule has 1 radical (unpaired) electrons. The van der Waals surface area contributed by atoms with E-state index in [9.17, 15) is 4.79 Å². The SMILES string of the molecule is CNC(=O)c1nn[c]s1. The Morgan fingerprint density at radius 1 is 1.89 bits per heavy atom. The minimum Gasteiger partial charge on any atom is -0.353 e. The van der Waals surface area contributed by atoms with Crippen molar-refractivity contribution in [2.75, 3.05) is 7.05 Å². The highest BCUT2D eigenvalue weighted by molar-refractivity contribution is 7.10. The minimum absolute atomic E-state index is 0.214. The molecule has 1 aromatic heterocycles. The smallest absolute Gasteiger partial charge is 0.282 e. The lowest BCUT2D eigenvalue weighted by atomic mass is 10.6. The Labute approximate surface area is 55.9 Å². The van der Waals surface area contributed by atoms with Crippen LogP contribution in [0.25, 0.3) is 0 Å². The maximum atomic E-state index is 10.7. The lowest BCUT2D eigenvalue weighted by molar-refractivity contribution is 0.0962. The fourth-order valence-electron chi connectivity index (χ4n) is 0.349. The number of hydrogen-bond donors (Lipinski definition) is 1. The van der Waals surface area contributed by atoms with E-state index in [0.29, 0.717) is 5.01 Å². The van der Waals surface area contributed by atoms with Crippen LogP contribution >= 0.6 is 11.3 Å². The standard InChI is InChI=1S/C4H4N3OS/c1-5-3(8)4-7-6-2-9-4/h1H3,(H,5,8). The van der Waals surface area contributed by atoms with E-state index in [1.54, 1.807) is 7.05 Å². The molecule has 4 nitrogen and oxygen atoms in total. The maximum Gasteiger partial charge on any atom is 0.282 e. The first-order valence-electron chi connectivity index (χ1n) is 2.26. The van der Waals surface area contributed by atoms with Crippen LogP contribution in [0.15, 0.2) is 0 Å². The van der Waals surface area contributed by atoms with Crippen molar-refractivity contribution in [3.8, 4) is 0 Å². The molecule has 0 saturated carbocycles. The number of nitrogens with zero attached hydrogens (tertiary/aromatic N) is 2. The third-order valence-electron chi connectivity index (χ3n) is 0.745. The molecule has 1 amide bonds. The van der Waals surface area contributed by atoms with Crippen LogP contribution in [0.3, 0.4) is 0 Å². The normalized spacial score (nSPS) is 9.00. The van der Waals surface area contributed by atoms with Crippen molar-refractivity contribution in [2.45, 2.75) is 0 Å². The number of rotatable bonds is 1. The molecule has 0 bridgehead atoms. The Hall–Kier alpha value is -0.970. The summed E-state index contributed by atoms with van der Waals surface area (Å²) in [6.07, 6.45) is 0. The number of carbonyl (C=O) groups is 1. The van der Waals surface area contributed by atoms with Gasteiger partial charge in [-0.1, -0.05) is 11.3 Å². The van der Waals surface area contributed by atoms with Crippen LogP contribution in [0.5, 0.6) is 0 Å². The Bertz CT molecular complexity index is 196. The van der Waals surface area contributed by atoms with Gasteiger partial charge < -0.3 is 5.32 Å². The second kappa shape index (κ2) is 2.54. The highest BCUT2D eigenvalue weighted by atomic mass is 32.1. The molecule has 5 heteroatoms. The summed E-state index contributed by atoms with van der Waals surface area (Å²) in [6, 6.07) is 0. The number of hydrogen-bond acceptors (Lipinski definition) is 4. The van der Waals surface area contributed by atoms with Gasteiger partial charge in [0.15, 0.2) is 5.51 Å². The molecule has 1 N–H and O–H groups in total. The van der Waals surface area contributed by atoms with Gasteiger partial charge in [0, 0.05) is 7.05 Å². The van der Waals surface area contributed by atoms with Gasteiger partial charge in [-0.3, -0.25) is 4.79 Å². The number of amides is 1. The van der Waals surface area contributed by atoms with Crippen molar-refractivity contribution in [1.29, 1.82) is 0 Å². The molecule has 0 unspecified atom stereocenters. The second-order valence-corrected chi connectivity index (χ2v) is 2.05. The zero-order valence-electron chi connectivity index (χ0n) is 4.71. The molecule has 0 aliphatic heterocycles. The number of nitrogens with one attached hydrogen (secondary N) is 1. The van der Waals surface area contributed by atoms with Crippen LogP contribution in [0, 0.1) is 5.51 Å². The van der Waals surface area contributed by atoms with Crippen LogP contribution in [-0.4, -0.2) is 23.2 Å². The molecule has 0 aromatic carbocycles. The molecule has 9 heavy (non-hydrogen) atoms. The Balaban J connectivity index is 2.77. The summed E-state index contributed by atoms with van der Waals surface area (Å²) in [5.41, 5.74) is 2.46. The van der Waals surface area contributed by atoms with E-state index in [4.69, 9.17) is 0 Å². The summed E-state index contributed by atoms with van der Waals surface area (Å²) in [5.74, 6) is -0.214. The van der Waals surface area contributed by atoms with Gasteiger partial charge >= 0.3 is 0 Å². The molecule has 47 valence electrons. The quantitative estimate of drug-likeness (QED) is 0.585. The summed E-state index contributed by atoms with van der Waals surface area (Å²) in [6.45, 7) is 0. The Kier molecular flexibility index (Phi) is 1.74. The highest BCUT2D eigenvalue weighted by Gasteiger charge is 2.04. The molecule has 1 aromatic rings. The molecule has 1 heterocycles. The van der Waals surface area contributed by atoms with Crippen LogP contribution in [0.1, 0.15) is 9.80 Å². The molecule has 0 aliphatic rings. The van der Waals surface area contributed by atoms with E-state index in [0.717, 1.165) is 11.3 Å². The first-order chi connectivity index (χ1) is 4.34. The molecular formula is C4H4N3OS. The molecule has 0 fully saturated rings. The lowest BCUT2D eigenvalue weighted by Gasteiger charge is -1.87. The van der Waals surface area contributed by atoms with Gasteiger partial charge in [0.1, 0.15) is 0 Å². The van der Waals surface area contributed by atoms with Crippen molar-refractivity contribution in [1.82, 2.24) is 15.5 Å². The molecule has 0 atom stereocenters. The van der Waals surface area contributed by atoms with Gasteiger partial charge in [0.2, 0.25) is 5.01 Å². The molecule has 0 aliphatic carbocycles. The topological polar surface area (TPSA) is 54.9 Å². The minimum atomic E-state index is -0.214. The third-order valence-corrected chi connectivity index (χ3v) is 1.38. The van der Waals surface area contributed by atoms with Crippen molar-refractivity contribution in [2.24, 2.45) is 0 Å². The summed E-state index contributed by atoms with van der Waals surface area (Å²) < 4.78 is 0.